The molecule has 22 heavy (non-hydrogen) atoms. The van der Waals surface area contributed by atoms with Crippen molar-refractivity contribution >= 4 is 0 Å². The lowest BCUT2D eigenvalue weighted by molar-refractivity contribution is 0.399. The Morgan fingerprint density at radius 3 is 1.23 bits per heavy atom. The Bertz CT molecular complexity index is 222. The van der Waals surface area contributed by atoms with Crippen LogP contribution in [0.4, 0.5) is 0 Å². The summed E-state index contributed by atoms with van der Waals surface area (Å²) >= 11 is 0. The van der Waals surface area contributed by atoms with Crippen LogP contribution in [0.15, 0.2) is 35.5 Å². The second kappa shape index (κ2) is 42.7. The normalized spacial score (nSPS) is 10.1. The van der Waals surface area contributed by atoms with Gasteiger partial charge in [-0.25, -0.2) is 0 Å². The summed E-state index contributed by atoms with van der Waals surface area (Å²) in [5.74, 6) is 0.478. The molecule has 0 fully saturated rings. The summed E-state index contributed by atoms with van der Waals surface area (Å²) < 4.78 is 0. The molecule has 0 radical (unpaired) electrons. The van der Waals surface area contributed by atoms with Crippen LogP contribution in [0, 0.1) is 5.92 Å². The number of hydrogen-bond acceptors (Lipinski definition) is 1. The largest absolute Gasteiger partial charge is 0.400 e. The maximum absolute atomic E-state index is 7.00. The van der Waals surface area contributed by atoms with E-state index in [2.05, 4.69) is 53.3 Å². The number of hydrogen-bond donors (Lipinski definition) is 1. The van der Waals surface area contributed by atoms with E-state index < -0.39 is 0 Å². The quantitative estimate of drug-likeness (QED) is 0.415. The molecule has 0 amide bonds. The first-order chi connectivity index (χ1) is 10.5. The third-order valence-electron chi connectivity index (χ3n) is 2.60. The highest BCUT2D eigenvalue weighted by molar-refractivity contribution is 5.32. The summed E-state index contributed by atoms with van der Waals surface area (Å²) in [5, 5.41) is 7.00. The molecule has 1 heteroatoms. The lowest BCUT2D eigenvalue weighted by Crippen LogP contribution is -2.00. The molecule has 0 aliphatic rings. The van der Waals surface area contributed by atoms with Gasteiger partial charge in [-0.3, -0.25) is 0 Å². The van der Waals surface area contributed by atoms with E-state index in [0.717, 1.165) is 7.11 Å². The van der Waals surface area contributed by atoms with Crippen LogP contribution in [-0.4, -0.2) is 12.2 Å². The first-order valence-corrected chi connectivity index (χ1v) is 8.94. The lowest BCUT2D eigenvalue weighted by Gasteiger charge is -2.15. The smallest absolute Gasteiger partial charge is 0.0319 e. The molecule has 0 rings (SSSR count). The molecular formula is C21H48O. The molecule has 0 spiro atoms. The van der Waals surface area contributed by atoms with E-state index in [0.29, 0.717) is 5.92 Å². The molecule has 0 aromatic rings. The van der Waals surface area contributed by atoms with Gasteiger partial charge in [-0.15, -0.1) is 0 Å². The first kappa shape index (κ1) is 37.4. The van der Waals surface area contributed by atoms with E-state index in [1.165, 1.54) is 16.7 Å². The van der Waals surface area contributed by atoms with Gasteiger partial charge in [-0.2, -0.15) is 0 Å². The van der Waals surface area contributed by atoms with Crippen LogP contribution in [0.2, 0.25) is 0 Å². The predicted octanol–water partition coefficient (Wildman–Crippen LogP) is 7.82. The van der Waals surface area contributed by atoms with Gasteiger partial charge < -0.3 is 5.11 Å². The van der Waals surface area contributed by atoms with E-state index in [4.69, 9.17) is 5.11 Å². The standard InChI is InChI=1S/C12H20.4C2H6.CH4O/c1-7-9(3)11(5)12(6)10(4)8-2;5*1-2/h7-8,12H,5H2,1-4,6H3;4*1-2H3;2H,1H3/b9-7+,10-8+;;;;;. The molecule has 0 heterocycles. The van der Waals surface area contributed by atoms with Gasteiger partial charge in [-0.1, -0.05) is 92.2 Å². The van der Waals surface area contributed by atoms with Gasteiger partial charge in [0.15, 0.2) is 0 Å². The van der Waals surface area contributed by atoms with Crippen LogP contribution < -0.4 is 0 Å². The molecule has 0 aromatic carbocycles. The molecule has 0 saturated carbocycles. The van der Waals surface area contributed by atoms with E-state index in [1.54, 1.807) is 0 Å². The Morgan fingerprint density at radius 1 is 0.773 bits per heavy atom. The number of aliphatic hydroxyl groups is 1. The molecule has 1 atom stereocenters. The van der Waals surface area contributed by atoms with E-state index in [1.807, 2.05) is 55.4 Å². The molecule has 0 aliphatic heterocycles. The fourth-order valence-corrected chi connectivity index (χ4v) is 1.05. The maximum Gasteiger partial charge on any atom is 0.0319 e. The van der Waals surface area contributed by atoms with Gasteiger partial charge >= 0.3 is 0 Å². The van der Waals surface area contributed by atoms with Gasteiger partial charge in [0.2, 0.25) is 0 Å². The zero-order chi connectivity index (χ0) is 19.7. The van der Waals surface area contributed by atoms with Crippen molar-refractivity contribution in [2.45, 2.75) is 90.0 Å². The number of aliphatic hydroxyl groups excluding tert-OH is 1. The second-order valence-electron chi connectivity index (χ2n) is 3.25. The molecule has 138 valence electrons. The highest BCUT2D eigenvalue weighted by Gasteiger charge is 2.08. The summed E-state index contributed by atoms with van der Waals surface area (Å²) in [6.45, 7) is 30.7. The average molecular weight is 317 g/mol. The van der Waals surface area contributed by atoms with Gasteiger partial charge in [-0.05, 0) is 33.3 Å². The summed E-state index contributed by atoms with van der Waals surface area (Å²) in [5.41, 5.74) is 3.91. The molecule has 1 N–H and O–H groups in total. The fraction of sp³-hybridized carbons (Fsp3) is 0.714. The van der Waals surface area contributed by atoms with Crippen LogP contribution in [0.1, 0.15) is 90.0 Å². The van der Waals surface area contributed by atoms with Crippen molar-refractivity contribution in [3.05, 3.63) is 35.5 Å². The summed E-state index contributed by atoms with van der Waals surface area (Å²) in [7, 11) is 1.00. The highest BCUT2D eigenvalue weighted by atomic mass is 16.2. The molecule has 0 aromatic heterocycles. The van der Waals surface area contributed by atoms with Gasteiger partial charge in [0.05, 0.1) is 0 Å². The van der Waals surface area contributed by atoms with Crippen LogP contribution in [-0.2, 0) is 0 Å². The molecule has 1 unspecified atom stereocenters. The Labute approximate surface area is 144 Å². The molecule has 1 nitrogen and oxygen atoms in total. The van der Waals surface area contributed by atoms with Gasteiger partial charge in [0, 0.05) is 13.0 Å². The molecule has 0 aliphatic carbocycles. The minimum absolute atomic E-state index is 0.478. The van der Waals surface area contributed by atoms with E-state index in [-0.39, 0.29) is 0 Å². The molecule has 0 saturated heterocycles. The van der Waals surface area contributed by atoms with Crippen molar-refractivity contribution in [3.8, 4) is 0 Å². The van der Waals surface area contributed by atoms with Gasteiger partial charge in [0.25, 0.3) is 0 Å². The predicted molar refractivity (Wildman–Crippen MR) is 111 cm³/mol. The fourth-order valence-electron chi connectivity index (χ4n) is 1.05. The molecular weight excluding hydrogens is 268 g/mol. The first-order valence-electron chi connectivity index (χ1n) is 8.94. The Kier molecular flexibility index (Phi) is 72.7. The monoisotopic (exact) mass is 316 g/mol. The van der Waals surface area contributed by atoms with Crippen molar-refractivity contribution in [2.24, 2.45) is 5.92 Å². The van der Waals surface area contributed by atoms with Crippen molar-refractivity contribution in [3.63, 3.8) is 0 Å². The van der Waals surface area contributed by atoms with Gasteiger partial charge in [0.1, 0.15) is 0 Å². The van der Waals surface area contributed by atoms with Crippen LogP contribution in [0.25, 0.3) is 0 Å². The minimum Gasteiger partial charge on any atom is -0.400 e. The van der Waals surface area contributed by atoms with Crippen LogP contribution in [0.3, 0.4) is 0 Å². The highest BCUT2D eigenvalue weighted by Crippen LogP contribution is 2.23. The summed E-state index contributed by atoms with van der Waals surface area (Å²) in [6, 6.07) is 0. The lowest BCUT2D eigenvalue weighted by atomic mass is 9.90. The van der Waals surface area contributed by atoms with Crippen molar-refractivity contribution in [1.82, 2.24) is 0 Å². The average Bonchev–Trinajstić information content (AvgIpc) is 2.67. The second-order valence-corrected chi connectivity index (χ2v) is 3.25. The van der Waals surface area contributed by atoms with E-state index in [9.17, 15) is 0 Å². The SMILES string of the molecule is C=C(/C(C)=C/C)C(C)/C(C)=C/C.CC.CC.CC.CC.CO. The maximum atomic E-state index is 7.00. The third kappa shape index (κ3) is 27.5. The number of allylic oxidation sites excluding steroid dienone is 5. The zero-order valence-electron chi connectivity index (χ0n) is 18.4. The summed E-state index contributed by atoms with van der Waals surface area (Å²) in [4.78, 5) is 0. The van der Waals surface area contributed by atoms with Crippen molar-refractivity contribution in [2.75, 3.05) is 7.11 Å². The number of rotatable bonds is 3. The third-order valence-corrected chi connectivity index (χ3v) is 2.60. The van der Waals surface area contributed by atoms with Crippen LogP contribution in [0.5, 0.6) is 0 Å². The zero-order valence-corrected chi connectivity index (χ0v) is 18.4. The van der Waals surface area contributed by atoms with Crippen LogP contribution >= 0.6 is 0 Å². The topological polar surface area (TPSA) is 20.2 Å². The molecule has 0 bridgehead atoms. The Balaban J connectivity index is -0.0000000540. The van der Waals surface area contributed by atoms with E-state index >= 15 is 0 Å². The summed E-state index contributed by atoms with van der Waals surface area (Å²) in [6.07, 6.45) is 4.26. The van der Waals surface area contributed by atoms with Crippen molar-refractivity contribution in [1.29, 1.82) is 0 Å². The minimum atomic E-state index is 0.478. The Hall–Kier alpha value is -0.820. The van der Waals surface area contributed by atoms with Crippen molar-refractivity contribution < 1.29 is 5.11 Å². The Morgan fingerprint density at radius 2 is 1.05 bits per heavy atom.